The van der Waals surface area contributed by atoms with Gasteiger partial charge < -0.3 is 4.74 Å². The van der Waals surface area contributed by atoms with E-state index >= 15 is 0 Å². The zero-order valence-electron chi connectivity index (χ0n) is 14.5. The second-order valence-electron chi connectivity index (χ2n) is 6.79. The summed E-state index contributed by atoms with van der Waals surface area (Å²) in [7, 11) is 1.46. The van der Waals surface area contributed by atoms with Crippen molar-refractivity contribution in [1.29, 1.82) is 0 Å². The molecule has 0 saturated heterocycles. The van der Waals surface area contributed by atoms with Crippen LogP contribution in [0.4, 0.5) is 15.8 Å². The molecule has 0 unspecified atom stereocenters. The minimum absolute atomic E-state index is 0.164. The maximum atomic E-state index is 13.9. The van der Waals surface area contributed by atoms with Crippen molar-refractivity contribution >= 4 is 39.1 Å². The van der Waals surface area contributed by atoms with E-state index in [0.29, 0.717) is 32.9 Å². The summed E-state index contributed by atoms with van der Waals surface area (Å²) in [5.74, 6) is -0.140. The summed E-state index contributed by atoms with van der Waals surface area (Å²) >= 11 is 0. The Morgan fingerprint density at radius 3 is 2.64 bits per heavy atom. The van der Waals surface area contributed by atoms with Crippen LogP contribution in [0.25, 0.3) is 21.5 Å². The van der Waals surface area contributed by atoms with Gasteiger partial charge in [-0.1, -0.05) is 20.8 Å². The highest BCUT2D eigenvalue weighted by Gasteiger charge is 2.19. The van der Waals surface area contributed by atoms with Crippen LogP contribution in [0.1, 0.15) is 20.8 Å². The molecule has 2 N–H and O–H groups in total. The standard InChI is InChI=1S/C18H19FN4O2/c1-18(2,3)9-20-15-11-6-5-10(19)7-12(11)14-13(16(15)23-24)8-21-22-17(14)25-4/h5-9,23-24H,1-4H3. The number of nitrogens with zero attached hydrogens (tertiary/aromatic N) is 3. The van der Waals surface area contributed by atoms with Gasteiger partial charge in [-0.2, -0.15) is 5.10 Å². The third kappa shape index (κ3) is 3.10. The van der Waals surface area contributed by atoms with E-state index in [1.54, 1.807) is 12.3 Å². The summed E-state index contributed by atoms with van der Waals surface area (Å²) in [5.41, 5.74) is 2.90. The molecular formula is C18H19FN4O2. The number of ether oxygens (including phenoxy) is 1. The number of rotatable bonds is 3. The summed E-state index contributed by atoms with van der Waals surface area (Å²) in [4.78, 5) is 4.55. The first-order valence-electron chi connectivity index (χ1n) is 7.75. The summed E-state index contributed by atoms with van der Waals surface area (Å²) in [6, 6.07) is 4.38. The quantitative estimate of drug-likeness (QED) is 0.417. The Bertz CT molecular complexity index is 980. The number of hydrogen-bond donors (Lipinski definition) is 2. The molecule has 0 fully saturated rings. The lowest BCUT2D eigenvalue weighted by Gasteiger charge is -2.16. The van der Waals surface area contributed by atoms with Crippen molar-refractivity contribution < 1.29 is 14.3 Å². The van der Waals surface area contributed by atoms with Crippen molar-refractivity contribution in [2.75, 3.05) is 12.6 Å². The smallest absolute Gasteiger partial charge is 0.241 e. The zero-order chi connectivity index (χ0) is 18.2. The summed E-state index contributed by atoms with van der Waals surface area (Å²) in [5, 5.41) is 19.9. The SMILES string of the molecule is COc1nncc2c(NO)c(N=CC(C)(C)C)c3ccc(F)cc3c12. The predicted molar refractivity (Wildman–Crippen MR) is 96.6 cm³/mol. The monoisotopic (exact) mass is 342 g/mol. The molecule has 1 aromatic heterocycles. The summed E-state index contributed by atoms with van der Waals surface area (Å²) in [6.07, 6.45) is 3.26. The van der Waals surface area contributed by atoms with Gasteiger partial charge >= 0.3 is 0 Å². The number of anilines is 1. The minimum Gasteiger partial charge on any atom is -0.479 e. The molecule has 3 aromatic rings. The molecule has 0 aliphatic rings. The number of aromatic nitrogens is 2. The van der Waals surface area contributed by atoms with Gasteiger partial charge in [0.25, 0.3) is 0 Å². The van der Waals surface area contributed by atoms with Crippen molar-refractivity contribution in [2.24, 2.45) is 10.4 Å². The lowest BCUT2D eigenvalue weighted by molar-refractivity contribution is 0.389. The fraction of sp³-hybridized carbons (Fsp3) is 0.278. The Labute approximate surface area is 144 Å². The molecule has 0 amide bonds. The van der Waals surface area contributed by atoms with E-state index in [4.69, 9.17) is 4.74 Å². The van der Waals surface area contributed by atoms with E-state index in [-0.39, 0.29) is 17.1 Å². The molecular weight excluding hydrogens is 323 g/mol. The van der Waals surface area contributed by atoms with Gasteiger partial charge in [-0.25, -0.2) is 4.39 Å². The molecule has 0 bridgehead atoms. The predicted octanol–water partition coefficient (Wildman–Crippen LogP) is 4.48. The van der Waals surface area contributed by atoms with Crippen molar-refractivity contribution in [3.63, 3.8) is 0 Å². The van der Waals surface area contributed by atoms with Crippen LogP contribution in [0.15, 0.2) is 29.4 Å². The molecule has 2 aromatic carbocycles. The van der Waals surface area contributed by atoms with Gasteiger partial charge in [-0.3, -0.25) is 15.7 Å². The molecule has 0 aliphatic carbocycles. The van der Waals surface area contributed by atoms with Crippen LogP contribution in [0, 0.1) is 11.2 Å². The van der Waals surface area contributed by atoms with Crippen molar-refractivity contribution in [1.82, 2.24) is 10.2 Å². The number of aliphatic imine (C=N–C) groups is 1. The first-order valence-corrected chi connectivity index (χ1v) is 7.75. The lowest BCUT2D eigenvalue weighted by atomic mass is 9.98. The molecule has 0 atom stereocenters. The molecule has 0 saturated carbocycles. The van der Waals surface area contributed by atoms with E-state index in [9.17, 15) is 9.60 Å². The third-order valence-electron chi connectivity index (χ3n) is 3.72. The Hall–Kier alpha value is -2.80. The molecule has 0 spiro atoms. The average molecular weight is 342 g/mol. The summed E-state index contributed by atoms with van der Waals surface area (Å²) < 4.78 is 19.2. The summed E-state index contributed by atoms with van der Waals surface area (Å²) in [6.45, 7) is 6.04. The van der Waals surface area contributed by atoms with E-state index in [0.717, 1.165) is 0 Å². The Morgan fingerprint density at radius 1 is 1.24 bits per heavy atom. The van der Waals surface area contributed by atoms with Crippen LogP contribution in [0.5, 0.6) is 5.88 Å². The Morgan fingerprint density at radius 2 is 2.00 bits per heavy atom. The van der Waals surface area contributed by atoms with Crippen LogP contribution in [-0.4, -0.2) is 28.7 Å². The number of benzene rings is 2. The van der Waals surface area contributed by atoms with Gasteiger partial charge in [-0.05, 0) is 23.6 Å². The van der Waals surface area contributed by atoms with Crippen molar-refractivity contribution in [3.8, 4) is 5.88 Å². The van der Waals surface area contributed by atoms with Gasteiger partial charge in [0.05, 0.1) is 30.1 Å². The van der Waals surface area contributed by atoms with Crippen molar-refractivity contribution in [3.05, 3.63) is 30.2 Å². The Kier molecular flexibility index (Phi) is 4.26. The van der Waals surface area contributed by atoms with Gasteiger partial charge in [-0.15, -0.1) is 5.10 Å². The normalized spacial score (nSPS) is 12.2. The maximum absolute atomic E-state index is 13.9. The molecule has 6 nitrogen and oxygen atoms in total. The molecule has 25 heavy (non-hydrogen) atoms. The van der Waals surface area contributed by atoms with Crippen molar-refractivity contribution in [2.45, 2.75) is 20.8 Å². The highest BCUT2D eigenvalue weighted by molar-refractivity contribution is 6.20. The van der Waals surface area contributed by atoms with E-state index in [1.807, 2.05) is 20.8 Å². The van der Waals surface area contributed by atoms with Crippen LogP contribution in [0.2, 0.25) is 0 Å². The molecule has 1 heterocycles. The number of nitrogens with one attached hydrogen (secondary N) is 1. The van der Waals surface area contributed by atoms with E-state index in [1.165, 1.54) is 25.4 Å². The van der Waals surface area contributed by atoms with Crippen LogP contribution < -0.4 is 10.2 Å². The highest BCUT2D eigenvalue weighted by atomic mass is 19.1. The second-order valence-corrected chi connectivity index (χ2v) is 6.79. The molecule has 3 rings (SSSR count). The minimum atomic E-state index is -0.386. The average Bonchev–Trinajstić information content (AvgIpc) is 2.57. The van der Waals surface area contributed by atoms with Gasteiger partial charge in [0.1, 0.15) is 5.82 Å². The van der Waals surface area contributed by atoms with Crippen LogP contribution in [-0.2, 0) is 0 Å². The van der Waals surface area contributed by atoms with Crippen LogP contribution >= 0.6 is 0 Å². The van der Waals surface area contributed by atoms with Gasteiger partial charge in [0, 0.05) is 22.4 Å². The highest BCUT2D eigenvalue weighted by Crippen LogP contribution is 2.44. The number of methoxy groups -OCH3 is 1. The lowest BCUT2D eigenvalue weighted by Crippen LogP contribution is -2.06. The zero-order valence-corrected chi connectivity index (χ0v) is 14.5. The number of fused-ring (bicyclic) bond motifs is 3. The van der Waals surface area contributed by atoms with Crippen LogP contribution in [0.3, 0.4) is 0 Å². The first kappa shape index (κ1) is 17.0. The Balaban J connectivity index is 2.52. The fourth-order valence-corrected chi connectivity index (χ4v) is 2.66. The van der Waals surface area contributed by atoms with Gasteiger partial charge in [0.15, 0.2) is 0 Å². The molecule has 7 heteroatoms. The molecule has 0 aliphatic heterocycles. The van der Waals surface area contributed by atoms with Gasteiger partial charge in [0.2, 0.25) is 5.88 Å². The first-order chi connectivity index (χ1) is 11.9. The second kappa shape index (κ2) is 6.25. The van der Waals surface area contributed by atoms with E-state index in [2.05, 4.69) is 20.7 Å². The molecule has 0 radical (unpaired) electrons. The molecule has 130 valence electrons. The largest absolute Gasteiger partial charge is 0.479 e. The maximum Gasteiger partial charge on any atom is 0.241 e. The third-order valence-corrected chi connectivity index (χ3v) is 3.72. The fourth-order valence-electron chi connectivity index (χ4n) is 2.66. The number of hydrogen-bond acceptors (Lipinski definition) is 6. The van der Waals surface area contributed by atoms with E-state index < -0.39 is 0 Å². The number of halogens is 1. The topological polar surface area (TPSA) is 79.6 Å².